The highest BCUT2D eigenvalue weighted by Gasteiger charge is 2.37. The molecule has 0 saturated carbocycles. The first-order valence-electron chi connectivity index (χ1n) is 7.17. The van der Waals surface area contributed by atoms with Crippen LogP contribution < -0.4 is 4.74 Å². The average Bonchev–Trinajstić information content (AvgIpc) is 3.00. The van der Waals surface area contributed by atoms with E-state index < -0.39 is 10.2 Å². The average molecular weight is 392 g/mol. The van der Waals surface area contributed by atoms with Crippen molar-refractivity contribution in [1.82, 2.24) is 13.6 Å². The van der Waals surface area contributed by atoms with Gasteiger partial charge in [-0.3, -0.25) is 0 Å². The third-order valence-corrected chi connectivity index (χ3v) is 6.34. The Morgan fingerprint density at radius 3 is 2.77 bits per heavy atom. The standard InChI is InChI=1S/C13H18BrN3O4S/c14-12-2-1-4-15-13(12)21-11-3-5-17(10-11)22(18,19)16-6-8-20-9-7-16/h1-2,4,11H,3,5-10H2. The highest BCUT2D eigenvalue weighted by Crippen LogP contribution is 2.26. The van der Waals surface area contributed by atoms with Crippen molar-refractivity contribution >= 4 is 26.1 Å². The molecule has 2 aliphatic heterocycles. The zero-order valence-electron chi connectivity index (χ0n) is 12.0. The van der Waals surface area contributed by atoms with Crippen LogP contribution in [0.3, 0.4) is 0 Å². The summed E-state index contributed by atoms with van der Waals surface area (Å²) >= 11 is 3.38. The number of hydrogen-bond acceptors (Lipinski definition) is 5. The number of hydrogen-bond donors (Lipinski definition) is 0. The Bertz CT molecular complexity index is 621. The molecule has 7 nitrogen and oxygen atoms in total. The van der Waals surface area contributed by atoms with Crippen LogP contribution in [-0.4, -0.2) is 67.5 Å². The van der Waals surface area contributed by atoms with Gasteiger partial charge in [0.25, 0.3) is 10.2 Å². The van der Waals surface area contributed by atoms with Gasteiger partial charge in [-0.1, -0.05) is 0 Å². The van der Waals surface area contributed by atoms with Crippen molar-refractivity contribution < 1.29 is 17.9 Å². The molecule has 122 valence electrons. The lowest BCUT2D eigenvalue weighted by atomic mass is 10.3. The third kappa shape index (κ3) is 3.43. The number of halogens is 1. The molecule has 3 heterocycles. The molecule has 1 aromatic heterocycles. The molecule has 0 amide bonds. The quantitative estimate of drug-likeness (QED) is 0.761. The summed E-state index contributed by atoms with van der Waals surface area (Å²) in [7, 11) is -3.42. The Hall–Kier alpha value is -0.740. The van der Waals surface area contributed by atoms with Crippen LogP contribution in [0.25, 0.3) is 0 Å². The molecule has 0 bridgehead atoms. The van der Waals surface area contributed by atoms with Gasteiger partial charge in [0, 0.05) is 25.8 Å². The van der Waals surface area contributed by atoms with Gasteiger partial charge in [0.1, 0.15) is 6.10 Å². The second-order valence-corrected chi connectivity index (χ2v) is 7.98. The molecule has 2 fully saturated rings. The van der Waals surface area contributed by atoms with Gasteiger partial charge in [0.2, 0.25) is 5.88 Å². The molecular formula is C13H18BrN3O4S. The fourth-order valence-corrected chi connectivity index (χ4v) is 4.54. The van der Waals surface area contributed by atoms with Crippen molar-refractivity contribution in [2.45, 2.75) is 12.5 Å². The normalized spacial score (nSPS) is 24.5. The van der Waals surface area contributed by atoms with Gasteiger partial charge in [0.05, 0.1) is 24.2 Å². The van der Waals surface area contributed by atoms with Crippen LogP contribution in [0.1, 0.15) is 6.42 Å². The lowest BCUT2D eigenvalue weighted by molar-refractivity contribution is 0.0703. The summed E-state index contributed by atoms with van der Waals surface area (Å²) in [5, 5.41) is 0. The maximum absolute atomic E-state index is 12.6. The van der Waals surface area contributed by atoms with Gasteiger partial charge in [-0.15, -0.1) is 0 Å². The van der Waals surface area contributed by atoms with E-state index in [1.165, 1.54) is 8.61 Å². The summed E-state index contributed by atoms with van der Waals surface area (Å²) in [6.45, 7) is 2.55. The minimum Gasteiger partial charge on any atom is -0.472 e. The van der Waals surface area contributed by atoms with E-state index in [4.69, 9.17) is 9.47 Å². The Balaban J connectivity index is 1.63. The van der Waals surface area contributed by atoms with Crippen LogP contribution in [0.4, 0.5) is 0 Å². The van der Waals surface area contributed by atoms with E-state index in [9.17, 15) is 8.42 Å². The van der Waals surface area contributed by atoms with Crippen molar-refractivity contribution in [2.24, 2.45) is 0 Å². The predicted octanol–water partition coefficient (Wildman–Crippen LogP) is 0.874. The van der Waals surface area contributed by atoms with Crippen molar-refractivity contribution in [3.63, 3.8) is 0 Å². The lowest BCUT2D eigenvalue weighted by Gasteiger charge is -2.30. The molecule has 3 rings (SSSR count). The van der Waals surface area contributed by atoms with Crippen molar-refractivity contribution in [3.8, 4) is 5.88 Å². The van der Waals surface area contributed by atoms with Crippen LogP contribution in [-0.2, 0) is 14.9 Å². The zero-order chi connectivity index (χ0) is 15.6. The van der Waals surface area contributed by atoms with Gasteiger partial charge in [-0.2, -0.15) is 17.0 Å². The van der Waals surface area contributed by atoms with Crippen LogP contribution in [0.15, 0.2) is 22.8 Å². The van der Waals surface area contributed by atoms with E-state index in [1.54, 1.807) is 12.3 Å². The molecule has 0 N–H and O–H groups in total. The van der Waals surface area contributed by atoms with Gasteiger partial charge in [-0.25, -0.2) is 4.98 Å². The van der Waals surface area contributed by atoms with Crippen LogP contribution >= 0.6 is 15.9 Å². The summed E-state index contributed by atoms with van der Waals surface area (Å²) in [5.41, 5.74) is 0. The summed E-state index contributed by atoms with van der Waals surface area (Å²) in [6, 6.07) is 3.65. The molecule has 22 heavy (non-hydrogen) atoms. The number of ether oxygens (including phenoxy) is 2. The van der Waals surface area contributed by atoms with E-state index in [2.05, 4.69) is 20.9 Å². The van der Waals surface area contributed by atoms with Crippen molar-refractivity contribution in [3.05, 3.63) is 22.8 Å². The topological polar surface area (TPSA) is 72.0 Å². The minimum atomic E-state index is -3.42. The van der Waals surface area contributed by atoms with E-state index in [1.807, 2.05) is 6.07 Å². The first kappa shape index (κ1) is 16.1. The Morgan fingerprint density at radius 2 is 2.05 bits per heavy atom. The van der Waals surface area contributed by atoms with Gasteiger partial charge in [-0.05, 0) is 34.5 Å². The van der Waals surface area contributed by atoms with Gasteiger partial charge < -0.3 is 9.47 Å². The van der Waals surface area contributed by atoms with E-state index in [0.29, 0.717) is 51.7 Å². The molecular weight excluding hydrogens is 374 g/mol. The molecule has 1 unspecified atom stereocenters. The monoisotopic (exact) mass is 391 g/mol. The predicted molar refractivity (Wildman–Crippen MR) is 83.9 cm³/mol. The third-order valence-electron chi connectivity index (χ3n) is 3.73. The van der Waals surface area contributed by atoms with Crippen molar-refractivity contribution in [1.29, 1.82) is 0 Å². The first-order chi connectivity index (χ1) is 10.6. The fraction of sp³-hybridized carbons (Fsp3) is 0.615. The van der Waals surface area contributed by atoms with Crippen molar-refractivity contribution in [2.75, 3.05) is 39.4 Å². The first-order valence-corrected chi connectivity index (χ1v) is 9.36. The van der Waals surface area contributed by atoms with Gasteiger partial charge in [0.15, 0.2) is 0 Å². The lowest BCUT2D eigenvalue weighted by Crippen LogP contribution is -2.48. The molecule has 1 aromatic rings. The molecule has 1 atom stereocenters. The molecule has 2 aliphatic rings. The molecule has 9 heteroatoms. The smallest absolute Gasteiger partial charge is 0.282 e. The highest BCUT2D eigenvalue weighted by atomic mass is 79.9. The maximum atomic E-state index is 12.6. The minimum absolute atomic E-state index is 0.179. The fourth-order valence-electron chi connectivity index (χ4n) is 2.56. The van der Waals surface area contributed by atoms with E-state index in [-0.39, 0.29) is 6.10 Å². The molecule has 2 saturated heterocycles. The second-order valence-electron chi connectivity index (χ2n) is 5.20. The SMILES string of the molecule is O=S(=O)(N1CCOCC1)N1CCC(Oc2ncccc2Br)C1. The van der Waals surface area contributed by atoms with E-state index in [0.717, 1.165) is 4.47 Å². The summed E-state index contributed by atoms with van der Waals surface area (Å²) in [5.74, 6) is 0.498. The zero-order valence-corrected chi connectivity index (χ0v) is 14.4. The van der Waals surface area contributed by atoms with Crippen LogP contribution in [0.5, 0.6) is 5.88 Å². The summed E-state index contributed by atoms with van der Waals surface area (Å²) in [6.07, 6.45) is 2.13. The molecule has 0 aliphatic carbocycles. The largest absolute Gasteiger partial charge is 0.472 e. The molecule has 0 radical (unpaired) electrons. The summed E-state index contributed by atoms with van der Waals surface area (Å²) < 4.78 is 39.9. The van der Waals surface area contributed by atoms with Crippen LogP contribution in [0, 0.1) is 0 Å². The second kappa shape index (κ2) is 6.79. The summed E-state index contributed by atoms with van der Waals surface area (Å²) in [4.78, 5) is 4.15. The van der Waals surface area contributed by atoms with Crippen LogP contribution in [0.2, 0.25) is 0 Å². The van der Waals surface area contributed by atoms with Gasteiger partial charge >= 0.3 is 0 Å². The maximum Gasteiger partial charge on any atom is 0.282 e. The Kier molecular flexibility index (Phi) is 4.98. The highest BCUT2D eigenvalue weighted by molar-refractivity contribution is 9.10. The number of nitrogens with zero attached hydrogens (tertiary/aromatic N) is 3. The Morgan fingerprint density at radius 1 is 1.27 bits per heavy atom. The molecule has 0 spiro atoms. The van der Waals surface area contributed by atoms with E-state index >= 15 is 0 Å². The number of aromatic nitrogens is 1. The number of rotatable bonds is 4. The Labute approximate surface area is 138 Å². The molecule has 0 aromatic carbocycles. The number of morpholine rings is 1. The number of pyridine rings is 1.